The summed E-state index contributed by atoms with van der Waals surface area (Å²) in [5, 5.41) is 1.23. The second kappa shape index (κ2) is 10.4. The lowest BCUT2D eigenvalue weighted by atomic mass is 9.89. The predicted molar refractivity (Wildman–Crippen MR) is 155 cm³/mol. The molecule has 3 heterocycles. The monoisotopic (exact) mass is 526 g/mol. The Morgan fingerprint density at radius 2 is 1.76 bits per heavy atom. The SMILES string of the molecule is CCc1ccc(C(=O)N2CCN(c3nc(-c4ccc(OC)cc4)nc4sc5c(c34)CCC(C)C5)CC2)cc1. The Balaban J connectivity index is 1.32. The molecule has 1 aliphatic carbocycles. The summed E-state index contributed by atoms with van der Waals surface area (Å²) in [6.45, 7) is 7.35. The molecule has 0 radical (unpaired) electrons. The summed E-state index contributed by atoms with van der Waals surface area (Å²) in [5.74, 6) is 3.40. The molecular formula is C31H34N4O2S. The van der Waals surface area contributed by atoms with Crippen molar-refractivity contribution < 1.29 is 9.53 Å². The number of piperazine rings is 1. The minimum atomic E-state index is 0.112. The molecule has 0 N–H and O–H groups in total. The van der Waals surface area contributed by atoms with Gasteiger partial charge in [0, 0.05) is 42.2 Å². The second-order valence-electron chi connectivity index (χ2n) is 10.5. The van der Waals surface area contributed by atoms with E-state index in [0.717, 1.165) is 65.7 Å². The Labute approximate surface area is 228 Å². The fraction of sp³-hybridized carbons (Fsp3) is 0.387. The van der Waals surface area contributed by atoms with Crippen molar-refractivity contribution in [3.63, 3.8) is 0 Å². The molecule has 6 rings (SSSR count). The van der Waals surface area contributed by atoms with Crippen LogP contribution >= 0.6 is 11.3 Å². The number of hydrogen-bond acceptors (Lipinski definition) is 6. The highest BCUT2D eigenvalue weighted by Gasteiger charge is 2.29. The van der Waals surface area contributed by atoms with Crippen LogP contribution in [-0.2, 0) is 19.3 Å². The topological polar surface area (TPSA) is 58.6 Å². The fourth-order valence-electron chi connectivity index (χ4n) is 5.61. The first-order chi connectivity index (χ1) is 18.5. The Morgan fingerprint density at radius 1 is 1.03 bits per heavy atom. The maximum Gasteiger partial charge on any atom is 0.253 e. The third-order valence-electron chi connectivity index (χ3n) is 7.96. The lowest BCUT2D eigenvalue weighted by molar-refractivity contribution is 0.0746. The van der Waals surface area contributed by atoms with Gasteiger partial charge in [-0.25, -0.2) is 9.97 Å². The van der Waals surface area contributed by atoms with E-state index < -0.39 is 0 Å². The summed E-state index contributed by atoms with van der Waals surface area (Å²) in [5.41, 5.74) is 4.44. The summed E-state index contributed by atoms with van der Waals surface area (Å²) >= 11 is 1.84. The van der Waals surface area contributed by atoms with Crippen LogP contribution in [0.2, 0.25) is 0 Å². The lowest BCUT2D eigenvalue weighted by Gasteiger charge is -2.36. The van der Waals surface area contributed by atoms with Crippen LogP contribution in [0.3, 0.4) is 0 Å². The molecule has 7 heteroatoms. The summed E-state index contributed by atoms with van der Waals surface area (Å²) in [7, 11) is 1.68. The van der Waals surface area contributed by atoms with E-state index in [1.807, 2.05) is 52.6 Å². The van der Waals surface area contributed by atoms with Crippen LogP contribution in [0.15, 0.2) is 48.5 Å². The number of thiophene rings is 1. The number of anilines is 1. The number of aryl methyl sites for hydroxylation is 2. The average molecular weight is 527 g/mol. The van der Waals surface area contributed by atoms with Crippen LogP contribution in [0.1, 0.15) is 46.6 Å². The maximum atomic E-state index is 13.2. The summed E-state index contributed by atoms with van der Waals surface area (Å²) in [6.07, 6.45) is 4.38. The van der Waals surface area contributed by atoms with Gasteiger partial charge in [0.1, 0.15) is 16.4 Å². The zero-order valence-electron chi connectivity index (χ0n) is 22.4. The van der Waals surface area contributed by atoms with Gasteiger partial charge in [0.15, 0.2) is 5.82 Å². The number of hydrogen-bond donors (Lipinski definition) is 0. The van der Waals surface area contributed by atoms with Crippen LogP contribution in [-0.4, -0.2) is 54.1 Å². The number of carbonyl (C=O) groups excluding carboxylic acids is 1. The molecule has 1 fully saturated rings. The molecule has 38 heavy (non-hydrogen) atoms. The Hall–Kier alpha value is -3.45. The third kappa shape index (κ3) is 4.64. The average Bonchev–Trinajstić information content (AvgIpc) is 3.34. The van der Waals surface area contributed by atoms with Crippen molar-refractivity contribution in [2.45, 2.75) is 39.5 Å². The molecule has 4 aromatic rings. The zero-order chi connectivity index (χ0) is 26.2. The summed E-state index contributed by atoms with van der Waals surface area (Å²) in [4.78, 5) is 30.3. The van der Waals surface area contributed by atoms with Crippen molar-refractivity contribution in [1.29, 1.82) is 0 Å². The molecule has 1 unspecified atom stereocenters. The van der Waals surface area contributed by atoms with E-state index in [9.17, 15) is 4.79 Å². The molecule has 0 bridgehead atoms. The molecule has 2 aromatic carbocycles. The first-order valence-corrected chi connectivity index (χ1v) is 14.5. The van der Waals surface area contributed by atoms with Crippen molar-refractivity contribution in [2.24, 2.45) is 5.92 Å². The van der Waals surface area contributed by atoms with Crippen molar-refractivity contribution in [2.75, 3.05) is 38.2 Å². The van der Waals surface area contributed by atoms with Gasteiger partial charge >= 0.3 is 0 Å². The highest BCUT2D eigenvalue weighted by molar-refractivity contribution is 7.19. The van der Waals surface area contributed by atoms with Gasteiger partial charge in [-0.05, 0) is 79.1 Å². The molecule has 6 nitrogen and oxygen atoms in total. The number of aromatic nitrogens is 2. The number of ether oxygens (including phenoxy) is 1. The van der Waals surface area contributed by atoms with Crippen molar-refractivity contribution in [1.82, 2.24) is 14.9 Å². The van der Waals surface area contributed by atoms with Crippen LogP contribution < -0.4 is 9.64 Å². The van der Waals surface area contributed by atoms with E-state index in [1.54, 1.807) is 7.11 Å². The molecule has 1 aliphatic heterocycles. The first-order valence-electron chi connectivity index (χ1n) is 13.6. The number of methoxy groups -OCH3 is 1. The van der Waals surface area contributed by atoms with Gasteiger partial charge in [-0.2, -0.15) is 0 Å². The molecule has 2 aromatic heterocycles. The molecule has 1 amide bonds. The number of benzene rings is 2. The van der Waals surface area contributed by atoms with E-state index in [1.165, 1.54) is 27.8 Å². The quantitative estimate of drug-likeness (QED) is 0.318. The van der Waals surface area contributed by atoms with Gasteiger partial charge in [0.25, 0.3) is 5.91 Å². The molecule has 0 spiro atoms. The highest BCUT2D eigenvalue weighted by atomic mass is 32.1. The van der Waals surface area contributed by atoms with E-state index in [2.05, 4.69) is 30.9 Å². The molecule has 1 saturated heterocycles. The van der Waals surface area contributed by atoms with Gasteiger partial charge in [-0.3, -0.25) is 4.79 Å². The third-order valence-corrected chi connectivity index (χ3v) is 9.11. The summed E-state index contributed by atoms with van der Waals surface area (Å²) < 4.78 is 5.35. The van der Waals surface area contributed by atoms with Crippen LogP contribution in [0.25, 0.3) is 21.6 Å². The van der Waals surface area contributed by atoms with Crippen molar-refractivity contribution >= 4 is 33.3 Å². The molecule has 0 saturated carbocycles. The molecule has 1 atom stereocenters. The van der Waals surface area contributed by atoms with Gasteiger partial charge in [0.05, 0.1) is 12.5 Å². The summed E-state index contributed by atoms with van der Waals surface area (Å²) in [6, 6.07) is 16.0. The van der Waals surface area contributed by atoms with Crippen LogP contribution in [0.5, 0.6) is 5.75 Å². The molecule has 2 aliphatic rings. The predicted octanol–water partition coefficient (Wildman–Crippen LogP) is 6.02. The van der Waals surface area contributed by atoms with Crippen LogP contribution in [0.4, 0.5) is 5.82 Å². The van der Waals surface area contributed by atoms with E-state index in [-0.39, 0.29) is 5.91 Å². The molecular weight excluding hydrogens is 492 g/mol. The standard InChI is InChI=1S/C31H34N4O2S/c1-4-21-6-8-23(9-7-21)31(36)35-17-15-34(16-18-35)29-27-25-14-5-20(2)19-26(25)38-30(27)33-28(32-29)22-10-12-24(37-3)13-11-22/h6-13,20H,4-5,14-19H2,1-3H3. The van der Waals surface area contributed by atoms with E-state index in [4.69, 9.17) is 14.7 Å². The Kier molecular flexibility index (Phi) is 6.78. The number of rotatable bonds is 5. The smallest absolute Gasteiger partial charge is 0.253 e. The highest BCUT2D eigenvalue weighted by Crippen LogP contribution is 2.42. The van der Waals surface area contributed by atoms with Gasteiger partial charge < -0.3 is 14.5 Å². The van der Waals surface area contributed by atoms with E-state index >= 15 is 0 Å². The van der Waals surface area contributed by atoms with Crippen LogP contribution in [0, 0.1) is 5.92 Å². The van der Waals surface area contributed by atoms with Gasteiger partial charge in [-0.15, -0.1) is 11.3 Å². The minimum absolute atomic E-state index is 0.112. The number of amides is 1. The van der Waals surface area contributed by atoms with E-state index in [0.29, 0.717) is 19.0 Å². The normalized spacial score (nSPS) is 17.5. The largest absolute Gasteiger partial charge is 0.497 e. The number of nitrogens with zero attached hydrogens (tertiary/aromatic N) is 4. The Bertz CT molecular complexity index is 1450. The minimum Gasteiger partial charge on any atom is -0.497 e. The number of carbonyl (C=O) groups is 1. The second-order valence-corrected chi connectivity index (χ2v) is 11.5. The van der Waals surface area contributed by atoms with Crippen molar-refractivity contribution in [3.8, 4) is 17.1 Å². The zero-order valence-corrected chi connectivity index (χ0v) is 23.2. The first kappa shape index (κ1) is 24.9. The molecule has 196 valence electrons. The van der Waals surface area contributed by atoms with Gasteiger partial charge in [-0.1, -0.05) is 26.0 Å². The number of fused-ring (bicyclic) bond motifs is 3. The van der Waals surface area contributed by atoms with Crippen molar-refractivity contribution in [3.05, 3.63) is 70.1 Å². The maximum absolute atomic E-state index is 13.2. The lowest BCUT2D eigenvalue weighted by Crippen LogP contribution is -2.49. The Morgan fingerprint density at radius 3 is 2.45 bits per heavy atom. The fourth-order valence-corrected chi connectivity index (χ4v) is 6.99. The van der Waals surface area contributed by atoms with Gasteiger partial charge in [0.2, 0.25) is 0 Å².